The molecule has 0 radical (unpaired) electrons. The number of hydrogen-bond acceptors (Lipinski definition) is 1. The molecule has 2 bridgehead atoms. The molecule has 2 aliphatic rings. The van der Waals surface area contributed by atoms with Crippen molar-refractivity contribution in [3.8, 4) is 0 Å². The highest BCUT2D eigenvalue weighted by Gasteiger charge is 2.43. The lowest BCUT2D eigenvalue weighted by atomic mass is 9.88. The van der Waals surface area contributed by atoms with Crippen LogP contribution >= 0.6 is 11.6 Å². The van der Waals surface area contributed by atoms with Crippen LogP contribution in [0.25, 0.3) is 0 Å². The minimum Gasteiger partial charge on any atom is -0.326 e. The van der Waals surface area contributed by atoms with Crippen molar-refractivity contribution in [2.45, 2.75) is 32.6 Å². The quantitative estimate of drug-likeness (QED) is 0.858. The minimum absolute atomic E-state index is 0.188. The number of nitrogens with one attached hydrogen (secondary N) is 1. The van der Waals surface area contributed by atoms with E-state index in [-0.39, 0.29) is 11.8 Å². The molecule has 0 aliphatic heterocycles. The first-order valence-corrected chi connectivity index (χ1v) is 7.09. The normalized spacial score (nSPS) is 29.6. The van der Waals surface area contributed by atoms with Gasteiger partial charge < -0.3 is 5.32 Å². The molecule has 2 fully saturated rings. The van der Waals surface area contributed by atoms with Gasteiger partial charge >= 0.3 is 0 Å². The Morgan fingerprint density at radius 1 is 1.33 bits per heavy atom. The summed E-state index contributed by atoms with van der Waals surface area (Å²) in [7, 11) is 0. The Hall–Kier alpha value is -1.02. The standard InChI is InChI=1S/C15H18ClNO/c1-9-13(16)3-2-4-14(9)17-15(18)12-8-10-5-6-11(12)7-10/h2-4,10-12H,5-8H2,1H3,(H,17,18)/t10-,11-,12+/m1/s1. The SMILES string of the molecule is Cc1c(Cl)cccc1NC(=O)[C@H]1C[C@@H]2CC[C@@H]1C2. The fourth-order valence-electron chi connectivity index (χ4n) is 3.53. The summed E-state index contributed by atoms with van der Waals surface area (Å²) in [6.45, 7) is 1.94. The van der Waals surface area contributed by atoms with Crippen LogP contribution in [0.4, 0.5) is 5.69 Å². The molecule has 2 nitrogen and oxygen atoms in total. The molecule has 3 heteroatoms. The lowest BCUT2D eigenvalue weighted by Crippen LogP contribution is -2.27. The Morgan fingerprint density at radius 3 is 2.83 bits per heavy atom. The zero-order valence-electron chi connectivity index (χ0n) is 10.6. The third-order valence-corrected chi connectivity index (χ3v) is 5.01. The number of carbonyl (C=O) groups is 1. The number of carbonyl (C=O) groups excluding carboxylic acids is 1. The summed E-state index contributed by atoms with van der Waals surface area (Å²) in [5.41, 5.74) is 1.81. The molecule has 1 N–H and O–H groups in total. The number of rotatable bonds is 2. The van der Waals surface area contributed by atoms with Gasteiger partial charge in [-0.05, 0) is 55.7 Å². The van der Waals surface area contributed by atoms with Crippen LogP contribution in [0.3, 0.4) is 0 Å². The highest BCUT2D eigenvalue weighted by atomic mass is 35.5. The summed E-state index contributed by atoms with van der Waals surface area (Å²) in [5, 5.41) is 3.76. The number of halogens is 1. The first-order chi connectivity index (χ1) is 8.65. The number of hydrogen-bond donors (Lipinski definition) is 1. The maximum atomic E-state index is 12.3. The molecule has 0 aromatic heterocycles. The van der Waals surface area contributed by atoms with Crippen LogP contribution in [0.5, 0.6) is 0 Å². The topological polar surface area (TPSA) is 29.1 Å². The molecule has 18 heavy (non-hydrogen) atoms. The first kappa shape index (κ1) is 12.0. The molecule has 0 unspecified atom stereocenters. The van der Waals surface area contributed by atoms with Gasteiger partial charge in [-0.15, -0.1) is 0 Å². The van der Waals surface area contributed by atoms with Crippen molar-refractivity contribution < 1.29 is 4.79 Å². The lowest BCUT2D eigenvalue weighted by Gasteiger charge is -2.21. The van der Waals surface area contributed by atoms with E-state index in [4.69, 9.17) is 11.6 Å². The van der Waals surface area contributed by atoms with Crippen LogP contribution < -0.4 is 5.32 Å². The highest BCUT2D eigenvalue weighted by Crippen LogP contribution is 2.48. The molecule has 0 spiro atoms. The van der Waals surface area contributed by atoms with E-state index in [1.165, 1.54) is 19.3 Å². The third kappa shape index (κ3) is 2.03. The van der Waals surface area contributed by atoms with Crippen molar-refractivity contribution in [3.63, 3.8) is 0 Å². The van der Waals surface area contributed by atoms with Crippen molar-refractivity contribution in [1.29, 1.82) is 0 Å². The molecule has 2 saturated carbocycles. The van der Waals surface area contributed by atoms with Crippen molar-refractivity contribution in [2.75, 3.05) is 5.32 Å². The van der Waals surface area contributed by atoms with Crippen LogP contribution in [0.2, 0.25) is 5.02 Å². The minimum atomic E-state index is 0.188. The molecule has 0 saturated heterocycles. The van der Waals surface area contributed by atoms with Crippen LogP contribution in [-0.2, 0) is 4.79 Å². The van der Waals surface area contributed by atoms with Crippen molar-refractivity contribution in [1.82, 2.24) is 0 Å². The van der Waals surface area contributed by atoms with E-state index >= 15 is 0 Å². The molecule has 1 aromatic carbocycles. The van der Waals surface area contributed by atoms with Gasteiger partial charge in [-0.3, -0.25) is 4.79 Å². The van der Waals surface area contributed by atoms with Gasteiger partial charge in [0.25, 0.3) is 0 Å². The molecule has 2 aliphatic carbocycles. The van der Waals surface area contributed by atoms with Crippen LogP contribution in [0.1, 0.15) is 31.2 Å². The second kappa shape index (κ2) is 4.58. The smallest absolute Gasteiger partial charge is 0.227 e. The van der Waals surface area contributed by atoms with E-state index in [1.807, 2.05) is 25.1 Å². The van der Waals surface area contributed by atoms with Crippen molar-refractivity contribution in [2.24, 2.45) is 17.8 Å². The van der Waals surface area contributed by atoms with Gasteiger partial charge in [0.1, 0.15) is 0 Å². The van der Waals surface area contributed by atoms with Gasteiger partial charge in [0, 0.05) is 16.6 Å². The average Bonchev–Trinajstić information content (AvgIpc) is 2.97. The largest absolute Gasteiger partial charge is 0.326 e. The van der Waals surface area contributed by atoms with Gasteiger partial charge in [-0.25, -0.2) is 0 Å². The summed E-state index contributed by atoms with van der Waals surface area (Å²) >= 11 is 6.07. The summed E-state index contributed by atoms with van der Waals surface area (Å²) in [6, 6.07) is 5.65. The Labute approximate surface area is 113 Å². The van der Waals surface area contributed by atoms with Gasteiger partial charge in [0.05, 0.1) is 0 Å². The van der Waals surface area contributed by atoms with E-state index in [1.54, 1.807) is 0 Å². The number of amides is 1. The molecule has 3 atom stereocenters. The van der Waals surface area contributed by atoms with E-state index in [9.17, 15) is 4.79 Å². The lowest BCUT2D eigenvalue weighted by molar-refractivity contribution is -0.121. The molecule has 1 aromatic rings. The van der Waals surface area contributed by atoms with Crippen LogP contribution in [-0.4, -0.2) is 5.91 Å². The molecular formula is C15H18ClNO. The fraction of sp³-hybridized carbons (Fsp3) is 0.533. The van der Waals surface area contributed by atoms with E-state index < -0.39 is 0 Å². The number of fused-ring (bicyclic) bond motifs is 2. The molecule has 3 rings (SSSR count). The Morgan fingerprint density at radius 2 is 2.17 bits per heavy atom. The number of anilines is 1. The van der Waals surface area contributed by atoms with Gasteiger partial charge in [0.2, 0.25) is 5.91 Å². The van der Waals surface area contributed by atoms with Crippen LogP contribution in [0.15, 0.2) is 18.2 Å². The van der Waals surface area contributed by atoms with E-state index in [0.717, 1.165) is 23.6 Å². The van der Waals surface area contributed by atoms with Gasteiger partial charge in [-0.1, -0.05) is 24.1 Å². The maximum absolute atomic E-state index is 12.3. The fourth-order valence-corrected chi connectivity index (χ4v) is 3.71. The predicted octanol–water partition coefficient (Wildman–Crippen LogP) is 4.02. The summed E-state index contributed by atoms with van der Waals surface area (Å²) in [5.74, 6) is 1.83. The third-order valence-electron chi connectivity index (χ3n) is 4.60. The zero-order chi connectivity index (χ0) is 12.7. The summed E-state index contributed by atoms with van der Waals surface area (Å²) < 4.78 is 0. The Bertz CT molecular complexity index is 485. The van der Waals surface area contributed by atoms with E-state index in [2.05, 4.69) is 5.32 Å². The van der Waals surface area contributed by atoms with Crippen molar-refractivity contribution >= 4 is 23.2 Å². The molecule has 96 valence electrons. The van der Waals surface area contributed by atoms with E-state index in [0.29, 0.717) is 10.9 Å². The molecule has 1 amide bonds. The summed E-state index contributed by atoms with van der Waals surface area (Å²) in [4.78, 5) is 12.3. The monoisotopic (exact) mass is 263 g/mol. The Kier molecular flexibility index (Phi) is 3.06. The van der Waals surface area contributed by atoms with Crippen molar-refractivity contribution in [3.05, 3.63) is 28.8 Å². The predicted molar refractivity (Wildman–Crippen MR) is 73.8 cm³/mol. The second-order valence-electron chi connectivity index (χ2n) is 5.68. The molecule has 0 heterocycles. The highest BCUT2D eigenvalue weighted by molar-refractivity contribution is 6.31. The zero-order valence-corrected chi connectivity index (χ0v) is 11.3. The maximum Gasteiger partial charge on any atom is 0.227 e. The second-order valence-corrected chi connectivity index (χ2v) is 6.09. The first-order valence-electron chi connectivity index (χ1n) is 6.71. The molecular weight excluding hydrogens is 246 g/mol. The Balaban J connectivity index is 1.73. The number of benzene rings is 1. The van der Waals surface area contributed by atoms with Crippen LogP contribution in [0, 0.1) is 24.7 Å². The van der Waals surface area contributed by atoms with Gasteiger partial charge in [0.15, 0.2) is 0 Å². The average molecular weight is 264 g/mol. The summed E-state index contributed by atoms with van der Waals surface area (Å²) in [6.07, 6.45) is 4.89. The van der Waals surface area contributed by atoms with Gasteiger partial charge in [-0.2, -0.15) is 0 Å².